The number of carbonyl (C=O) groups excluding carboxylic acids is 1. The van der Waals surface area contributed by atoms with Crippen LogP contribution in [0.3, 0.4) is 0 Å². The molecule has 0 aliphatic heterocycles. The van der Waals surface area contributed by atoms with Gasteiger partial charge in [0.1, 0.15) is 11.3 Å². The molecule has 1 aromatic heterocycles. The normalized spacial score (nSPS) is 10.5. The molecule has 0 amide bonds. The van der Waals surface area contributed by atoms with Crippen LogP contribution in [0, 0.1) is 13.8 Å². The summed E-state index contributed by atoms with van der Waals surface area (Å²) in [6.45, 7) is 3.68. The van der Waals surface area contributed by atoms with Gasteiger partial charge in [-0.3, -0.25) is 0 Å². The summed E-state index contributed by atoms with van der Waals surface area (Å²) in [5, 5.41) is 0.931. The molecule has 4 heteroatoms. The van der Waals surface area contributed by atoms with Crippen molar-refractivity contribution in [2.24, 2.45) is 0 Å². The van der Waals surface area contributed by atoms with Crippen molar-refractivity contribution in [1.82, 2.24) is 4.98 Å². The van der Waals surface area contributed by atoms with Gasteiger partial charge < -0.3 is 9.47 Å². The third kappa shape index (κ3) is 3.48. The fourth-order valence-corrected chi connectivity index (χ4v) is 2.31. The van der Waals surface area contributed by atoms with Gasteiger partial charge in [-0.1, -0.05) is 36.4 Å². The van der Waals surface area contributed by atoms with Gasteiger partial charge in [0.15, 0.2) is 12.4 Å². The van der Waals surface area contributed by atoms with Gasteiger partial charge in [-0.05, 0) is 37.6 Å². The van der Waals surface area contributed by atoms with Crippen molar-refractivity contribution in [2.45, 2.75) is 13.8 Å². The number of aryl methyl sites for hydroxylation is 2. The highest BCUT2D eigenvalue weighted by Gasteiger charge is 2.11. The summed E-state index contributed by atoms with van der Waals surface area (Å²) in [6.07, 6.45) is 0. The van der Waals surface area contributed by atoms with Crippen molar-refractivity contribution < 1.29 is 14.3 Å². The maximum atomic E-state index is 12.1. The number of rotatable bonds is 4. The molecule has 0 aliphatic rings. The van der Waals surface area contributed by atoms with Crippen LogP contribution >= 0.6 is 0 Å². The van der Waals surface area contributed by atoms with Crippen molar-refractivity contribution in [3.8, 4) is 11.5 Å². The quantitative estimate of drug-likeness (QED) is 0.543. The molecule has 0 fully saturated rings. The number of esters is 1. The second kappa shape index (κ2) is 6.48. The number of hydrogen-bond donors (Lipinski definition) is 0. The Kier molecular flexibility index (Phi) is 4.24. The van der Waals surface area contributed by atoms with Crippen molar-refractivity contribution in [3.63, 3.8) is 0 Å². The third-order valence-corrected chi connectivity index (χ3v) is 3.49. The molecule has 0 spiro atoms. The lowest BCUT2D eigenvalue weighted by Gasteiger charge is -2.10. The number of hydrogen-bond acceptors (Lipinski definition) is 4. The first-order valence-corrected chi connectivity index (χ1v) is 7.39. The van der Waals surface area contributed by atoms with E-state index >= 15 is 0 Å². The van der Waals surface area contributed by atoms with Crippen LogP contribution in [-0.4, -0.2) is 17.6 Å². The molecule has 23 heavy (non-hydrogen) atoms. The summed E-state index contributed by atoms with van der Waals surface area (Å²) in [5.41, 5.74) is 2.52. The van der Waals surface area contributed by atoms with Crippen LogP contribution in [-0.2, 0) is 4.79 Å². The number of para-hydroxylation sites is 2. The van der Waals surface area contributed by atoms with E-state index in [1.54, 1.807) is 6.07 Å². The monoisotopic (exact) mass is 307 g/mol. The number of benzene rings is 2. The zero-order valence-electron chi connectivity index (χ0n) is 13.1. The predicted molar refractivity (Wildman–Crippen MR) is 88.8 cm³/mol. The molecule has 0 saturated heterocycles. The lowest BCUT2D eigenvalue weighted by Crippen LogP contribution is -2.18. The van der Waals surface area contributed by atoms with Gasteiger partial charge in [0.25, 0.3) is 0 Å². The molecule has 0 unspecified atom stereocenters. The topological polar surface area (TPSA) is 48.4 Å². The summed E-state index contributed by atoms with van der Waals surface area (Å²) in [6, 6.07) is 16.9. The van der Waals surface area contributed by atoms with Crippen molar-refractivity contribution >= 4 is 16.9 Å². The summed E-state index contributed by atoms with van der Waals surface area (Å²) in [4.78, 5) is 16.5. The minimum atomic E-state index is -0.455. The fraction of sp³-hybridized carbons (Fsp3) is 0.158. The highest BCUT2D eigenvalue weighted by atomic mass is 16.6. The number of pyridine rings is 1. The molecular weight excluding hydrogens is 290 g/mol. The molecule has 3 aromatic rings. The number of nitrogens with zero attached hydrogens (tertiary/aromatic N) is 1. The van der Waals surface area contributed by atoms with Gasteiger partial charge in [-0.25, -0.2) is 9.78 Å². The molecule has 0 bridgehead atoms. The summed E-state index contributed by atoms with van der Waals surface area (Å²) in [7, 11) is 0. The lowest BCUT2D eigenvalue weighted by atomic mass is 10.2. The van der Waals surface area contributed by atoms with E-state index in [9.17, 15) is 4.79 Å². The van der Waals surface area contributed by atoms with E-state index < -0.39 is 5.97 Å². The maximum Gasteiger partial charge on any atom is 0.349 e. The zero-order chi connectivity index (χ0) is 16.2. The molecule has 0 radical (unpaired) electrons. The van der Waals surface area contributed by atoms with Gasteiger partial charge in [0, 0.05) is 11.1 Å². The van der Waals surface area contributed by atoms with Crippen LogP contribution in [0.5, 0.6) is 11.5 Å². The van der Waals surface area contributed by atoms with E-state index in [-0.39, 0.29) is 6.61 Å². The Labute approximate surface area is 134 Å². The zero-order valence-corrected chi connectivity index (χ0v) is 13.1. The van der Waals surface area contributed by atoms with E-state index in [2.05, 4.69) is 4.98 Å². The highest BCUT2D eigenvalue weighted by molar-refractivity contribution is 5.87. The Balaban J connectivity index is 1.73. The van der Waals surface area contributed by atoms with E-state index in [1.807, 2.05) is 62.4 Å². The van der Waals surface area contributed by atoms with Gasteiger partial charge >= 0.3 is 5.97 Å². The van der Waals surface area contributed by atoms with E-state index in [0.29, 0.717) is 17.0 Å². The Morgan fingerprint density at radius 1 is 0.957 bits per heavy atom. The maximum absolute atomic E-state index is 12.1. The summed E-state index contributed by atoms with van der Waals surface area (Å²) in [5.74, 6) is 0.671. The Morgan fingerprint density at radius 2 is 1.74 bits per heavy atom. The standard InChI is InChI=1S/C19H17NO3/c1-13-6-3-4-8-16(13)22-12-18(21)23-17-9-5-7-15-11-10-14(2)20-19(15)17/h3-11H,12H2,1-2H3. The van der Waals surface area contributed by atoms with E-state index in [4.69, 9.17) is 9.47 Å². The molecular formula is C19H17NO3. The Bertz CT molecular complexity index is 858. The van der Waals surface area contributed by atoms with Crippen LogP contribution in [0.1, 0.15) is 11.3 Å². The van der Waals surface area contributed by atoms with Crippen LogP contribution in [0.25, 0.3) is 10.9 Å². The third-order valence-electron chi connectivity index (χ3n) is 3.49. The number of fused-ring (bicyclic) bond motifs is 1. The molecule has 1 heterocycles. The highest BCUT2D eigenvalue weighted by Crippen LogP contribution is 2.24. The lowest BCUT2D eigenvalue weighted by molar-refractivity contribution is -0.136. The largest absolute Gasteiger partial charge is 0.482 e. The number of carbonyl (C=O) groups is 1. The molecule has 4 nitrogen and oxygen atoms in total. The smallest absolute Gasteiger partial charge is 0.349 e. The van der Waals surface area contributed by atoms with Crippen LogP contribution < -0.4 is 9.47 Å². The van der Waals surface area contributed by atoms with Gasteiger partial charge in [-0.2, -0.15) is 0 Å². The Morgan fingerprint density at radius 3 is 2.57 bits per heavy atom. The minimum Gasteiger partial charge on any atom is -0.482 e. The molecule has 0 saturated carbocycles. The van der Waals surface area contributed by atoms with Gasteiger partial charge in [-0.15, -0.1) is 0 Å². The van der Waals surface area contributed by atoms with Crippen molar-refractivity contribution in [1.29, 1.82) is 0 Å². The Hall–Kier alpha value is -2.88. The molecule has 3 rings (SSSR count). The number of aromatic nitrogens is 1. The first-order valence-electron chi connectivity index (χ1n) is 7.39. The number of ether oxygens (including phenoxy) is 2. The predicted octanol–water partition coefficient (Wildman–Crippen LogP) is 3.84. The molecule has 116 valence electrons. The first-order chi connectivity index (χ1) is 11.1. The molecule has 0 N–H and O–H groups in total. The van der Waals surface area contributed by atoms with Gasteiger partial charge in [0.05, 0.1) is 0 Å². The van der Waals surface area contributed by atoms with Crippen LogP contribution in [0.15, 0.2) is 54.6 Å². The first kappa shape index (κ1) is 15.0. The van der Waals surface area contributed by atoms with Crippen molar-refractivity contribution in [2.75, 3.05) is 6.61 Å². The summed E-state index contributed by atoms with van der Waals surface area (Å²) >= 11 is 0. The van der Waals surface area contributed by atoms with Crippen molar-refractivity contribution in [3.05, 3.63) is 65.9 Å². The average molecular weight is 307 g/mol. The van der Waals surface area contributed by atoms with Crippen LogP contribution in [0.2, 0.25) is 0 Å². The second-order valence-electron chi connectivity index (χ2n) is 5.31. The molecule has 0 aliphatic carbocycles. The summed E-state index contributed by atoms with van der Waals surface area (Å²) < 4.78 is 10.9. The molecule has 0 atom stereocenters. The minimum absolute atomic E-state index is 0.146. The molecule has 2 aromatic carbocycles. The fourth-order valence-electron chi connectivity index (χ4n) is 2.31. The van der Waals surface area contributed by atoms with Crippen LogP contribution in [0.4, 0.5) is 0 Å². The van der Waals surface area contributed by atoms with E-state index in [1.165, 1.54) is 0 Å². The van der Waals surface area contributed by atoms with E-state index in [0.717, 1.165) is 16.6 Å². The SMILES string of the molecule is Cc1ccc2cccc(OC(=O)COc3ccccc3C)c2n1. The second-order valence-corrected chi connectivity index (χ2v) is 5.31. The average Bonchev–Trinajstić information content (AvgIpc) is 2.55. The van der Waals surface area contributed by atoms with Gasteiger partial charge in [0.2, 0.25) is 0 Å².